The predicted molar refractivity (Wildman–Crippen MR) is 92.8 cm³/mol. The topological polar surface area (TPSA) is 109 Å². The molecular formula is C16H28N4O5. The predicted octanol–water partition coefficient (Wildman–Crippen LogP) is 3.28. The van der Waals surface area contributed by atoms with E-state index in [2.05, 4.69) is 10.4 Å². The van der Waals surface area contributed by atoms with Gasteiger partial charge in [0.1, 0.15) is 11.8 Å². The lowest BCUT2D eigenvalue weighted by atomic mass is 10.1. The average Bonchev–Trinajstić information content (AvgIpc) is 2.91. The summed E-state index contributed by atoms with van der Waals surface area (Å²) >= 11 is 0. The third kappa shape index (κ3) is 8.37. The zero-order chi connectivity index (χ0) is 18.9. The molecule has 25 heavy (non-hydrogen) atoms. The minimum atomic E-state index is -0.500. The standard InChI is InChI=1S/C16H28N4O5/c1-16(2,3)25-15(21)17-10-8-6-5-7-9-11-19-12-13(20(22)23)14(18-19)24-4/h12H,5-11H2,1-4H3,(H,17,21). The second-order valence-corrected chi connectivity index (χ2v) is 6.74. The van der Waals surface area contributed by atoms with Crippen molar-refractivity contribution in [1.82, 2.24) is 15.1 Å². The number of alkyl carbamates (subject to hydrolysis) is 1. The van der Waals surface area contributed by atoms with Crippen LogP contribution in [-0.4, -0.2) is 40.1 Å². The highest BCUT2D eigenvalue weighted by molar-refractivity contribution is 5.67. The summed E-state index contributed by atoms with van der Waals surface area (Å²) in [5, 5.41) is 17.6. The van der Waals surface area contributed by atoms with Gasteiger partial charge in [-0.15, -0.1) is 5.10 Å². The Hall–Kier alpha value is -2.32. The number of nitro groups is 1. The van der Waals surface area contributed by atoms with Crippen LogP contribution in [-0.2, 0) is 11.3 Å². The molecule has 0 radical (unpaired) electrons. The molecule has 1 aromatic heterocycles. The molecule has 0 aliphatic rings. The van der Waals surface area contributed by atoms with E-state index in [-0.39, 0.29) is 17.7 Å². The molecule has 0 aliphatic heterocycles. The summed E-state index contributed by atoms with van der Waals surface area (Å²) in [6, 6.07) is 0. The molecule has 0 saturated carbocycles. The molecule has 1 heterocycles. The number of carbonyl (C=O) groups is 1. The van der Waals surface area contributed by atoms with Crippen molar-refractivity contribution in [3.63, 3.8) is 0 Å². The molecule has 0 bridgehead atoms. The van der Waals surface area contributed by atoms with Gasteiger partial charge in [0.15, 0.2) is 0 Å². The van der Waals surface area contributed by atoms with Crippen LogP contribution in [0.4, 0.5) is 10.5 Å². The van der Waals surface area contributed by atoms with Gasteiger partial charge < -0.3 is 14.8 Å². The minimum absolute atomic E-state index is 0.0400. The van der Waals surface area contributed by atoms with Crippen molar-refractivity contribution >= 4 is 11.8 Å². The lowest BCUT2D eigenvalue weighted by Crippen LogP contribution is -2.32. The Bertz CT molecular complexity index is 565. The molecule has 1 aromatic rings. The number of aryl methyl sites for hydroxylation is 1. The van der Waals surface area contributed by atoms with Gasteiger partial charge in [-0.3, -0.25) is 14.8 Å². The fraction of sp³-hybridized carbons (Fsp3) is 0.750. The maximum absolute atomic E-state index is 11.5. The number of ether oxygens (including phenoxy) is 2. The molecule has 0 saturated heterocycles. The van der Waals surface area contributed by atoms with Gasteiger partial charge in [0.05, 0.1) is 12.0 Å². The van der Waals surface area contributed by atoms with E-state index in [0.29, 0.717) is 13.1 Å². The van der Waals surface area contributed by atoms with Gasteiger partial charge in [0.25, 0.3) is 0 Å². The quantitative estimate of drug-likeness (QED) is 0.391. The number of hydrogen-bond donors (Lipinski definition) is 1. The smallest absolute Gasteiger partial charge is 0.407 e. The summed E-state index contributed by atoms with van der Waals surface area (Å²) in [4.78, 5) is 21.8. The third-order valence-electron chi connectivity index (χ3n) is 3.33. The zero-order valence-corrected chi connectivity index (χ0v) is 15.4. The van der Waals surface area contributed by atoms with Crippen LogP contribution >= 0.6 is 0 Å². The Labute approximate surface area is 147 Å². The molecule has 0 aliphatic carbocycles. The van der Waals surface area contributed by atoms with E-state index in [1.807, 2.05) is 20.8 Å². The second-order valence-electron chi connectivity index (χ2n) is 6.74. The van der Waals surface area contributed by atoms with Crippen molar-refractivity contribution in [2.45, 2.75) is 65.0 Å². The lowest BCUT2D eigenvalue weighted by molar-refractivity contribution is -0.385. The Kier molecular flexibility index (Phi) is 8.17. The normalized spacial score (nSPS) is 11.2. The zero-order valence-electron chi connectivity index (χ0n) is 15.4. The number of nitrogens with zero attached hydrogens (tertiary/aromatic N) is 3. The molecule has 9 heteroatoms. The fourth-order valence-corrected chi connectivity index (χ4v) is 2.21. The first-order valence-electron chi connectivity index (χ1n) is 8.45. The second kappa shape index (κ2) is 9.85. The molecule has 0 spiro atoms. The van der Waals surface area contributed by atoms with Gasteiger partial charge in [0, 0.05) is 13.1 Å². The monoisotopic (exact) mass is 356 g/mol. The van der Waals surface area contributed by atoms with Crippen molar-refractivity contribution in [1.29, 1.82) is 0 Å². The number of hydrogen-bond acceptors (Lipinski definition) is 6. The summed E-state index contributed by atoms with van der Waals surface area (Å²) in [6.07, 6.45) is 5.78. The number of unbranched alkanes of at least 4 members (excludes halogenated alkanes) is 4. The molecular weight excluding hydrogens is 328 g/mol. The molecule has 0 fully saturated rings. The Morgan fingerprint density at radius 1 is 1.28 bits per heavy atom. The molecule has 0 atom stereocenters. The van der Waals surface area contributed by atoms with Gasteiger partial charge >= 0.3 is 17.7 Å². The molecule has 142 valence electrons. The van der Waals surface area contributed by atoms with Crippen LogP contribution in [0.25, 0.3) is 0 Å². The Morgan fingerprint density at radius 2 is 1.92 bits per heavy atom. The van der Waals surface area contributed by atoms with Crippen LogP contribution < -0.4 is 10.1 Å². The van der Waals surface area contributed by atoms with Crippen molar-refractivity contribution in [2.75, 3.05) is 13.7 Å². The van der Waals surface area contributed by atoms with Crippen LogP contribution in [0, 0.1) is 10.1 Å². The van der Waals surface area contributed by atoms with E-state index in [0.717, 1.165) is 32.1 Å². The van der Waals surface area contributed by atoms with E-state index in [9.17, 15) is 14.9 Å². The SMILES string of the molecule is COc1nn(CCCCCCCNC(=O)OC(C)(C)C)cc1[N+](=O)[O-]. The van der Waals surface area contributed by atoms with Crippen molar-refractivity contribution in [2.24, 2.45) is 0 Å². The third-order valence-corrected chi connectivity index (χ3v) is 3.33. The fourth-order valence-electron chi connectivity index (χ4n) is 2.21. The number of nitrogens with one attached hydrogen (secondary N) is 1. The van der Waals surface area contributed by atoms with Crippen LogP contribution in [0.5, 0.6) is 5.88 Å². The van der Waals surface area contributed by atoms with Crippen LogP contribution in [0.15, 0.2) is 6.20 Å². The molecule has 9 nitrogen and oxygen atoms in total. The Morgan fingerprint density at radius 3 is 2.48 bits per heavy atom. The highest BCUT2D eigenvalue weighted by Crippen LogP contribution is 2.24. The van der Waals surface area contributed by atoms with E-state index < -0.39 is 10.5 Å². The largest absolute Gasteiger partial charge is 0.475 e. The van der Waals surface area contributed by atoms with E-state index in [1.165, 1.54) is 13.3 Å². The van der Waals surface area contributed by atoms with Crippen molar-refractivity contribution in [3.8, 4) is 5.88 Å². The van der Waals surface area contributed by atoms with Crippen molar-refractivity contribution in [3.05, 3.63) is 16.3 Å². The number of methoxy groups -OCH3 is 1. The first-order chi connectivity index (χ1) is 11.7. The highest BCUT2D eigenvalue weighted by atomic mass is 16.6. The summed E-state index contributed by atoms with van der Waals surface area (Å²) in [7, 11) is 1.37. The van der Waals surface area contributed by atoms with E-state index in [1.54, 1.807) is 4.68 Å². The average molecular weight is 356 g/mol. The maximum Gasteiger partial charge on any atom is 0.407 e. The molecule has 0 aromatic carbocycles. The van der Waals surface area contributed by atoms with Crippen molar-refractivity contribution < 1.29 is 19.2 Å². The van der Waals surface area contributed by atoms with E-state index >= 15 is 0 Å². The number of amides is 1. The van der Waals surface area contributed by atoms with Crippen LogP contribution in [0.2, 0.25) is 0 Å². The van der Waals surface area contributed by atoms with Crippen LogP contribution in [0.3, 0.4) is 0 Å². The number of rotatable bonds is 10. The summed E-state index contributed by atoms with van der Waals surface area (Å²) < 4.78 is 11.6. The van der Waals surface area contributed by atoms with E-state index in [4.69, 9.17) is 9.47 Å². The van der Waals surface area contributed by atoms with Gasteiger partial charge in [0.2, 0.25) is 0 Å². The van der Waals surface area contributed by atoms with Gasteiger partial charge in [-0.2, -0.15) is 0 Å². The summed E-state index contributed by atoms with van der Waals surface area (Å²) in [6.45, 7) is 6.70. The molecule has 0 unspecified atom stereocenters. The van der Waals surface area contributed by atoms with Gasteiger partial charge in [-0.1, -0.05) is 19.3 Å². The molecule has 1 rings (SSSR count). The van der Waals surface area contributed by atoms with Crippen LogP contribution in [0.1, 0.15) is 52.9 Å². The first kappa shape index (κ1) is 20.7. The Balaban J connectivity index is 2.11. The minimum Gasteiger partial charge on any atom is -0.475 e. The highest BCUT2D eigenvalue weighted by Gasteiger charge is 2.19. The van der Waals surface area contributed by atoms with Gasteiger partial charge in [-0.05, 0) is 33.6 Å². The lowest BCUT2D eigenvalue weighted by Gasteiger charge is -2.19. The number of aromatic nitrogens is 2. The maximum atomic E-state index is 11.5. The molecule has 1 amide bonds. The summed E-state index contributed by atoms with van der Waals surface area (Å²) in [5.74, 6) is 0.0400. The van der Waals surface area contributed by atoms with Gasteiger partial charge in [-0.25, -0.2) is 4.79 Å². The molecule has 1 N–H and O–H groups in total. The number of carbonyl (C=O) groups excluding carboxylic acids is 1. The summed E-state index contributed by atoms with van der Waals surface area (Å²) in [5.41, 5.74) is -0.593. The first-order valence-corrected chi connectivity index (χ1v) is 8.45.